The van der Waals surface area contributed by atoms with Gasteiger partial charge in [-0.25, -0.2) is 9.59 Å². The minimum Gasteiger partial charge on any atom is -0.481 e. The van der Waals surface area contributed by atoms with Crippen molar-refractivity contribution in [3.8, 4) is 17.6 Å². The molecule has 1 aromatic carbocycles. The third-order valence-corrected chi connectivity index (χ3v) is 4.15. The molecular weight excluding hydrogens is 390 g/mol. The zero-order valence-electron chi connectivity index (χ0n) is 17.3. The van der Waals surface area contributed by atoms with Crippen LogP contribution in [-0.4, -0.2) is 46.0 Å². The van der Waals surface area contributed by atoms with Crippen molar-refractivity contribution in [3.05, 3.63) is 53.0 Å². The molecule has 0 amide bonds. The average molecular weight is 417 g/mol. The maximum absolute atomic E-state index is 9.15. The van der Waals surface area contributed by atoms with E-state index in [1.165, 1.54) is 11.1 Å². The van der Waals surface area contributed by atoms with Crippen molar-refractivity contribution in [2.75, 3.05) is 13.2 Å². The second kappa shape index (κ2) is 11.7. The molecule has 0 aliphatic carbocycles. The van der Waals surface area contributed by atoms with Crippen LogP contribution in [0.25, 0.3) is 0 Å². The zero-order valence-corrected chi connectivity index (χ0v) is 17.3. The Kier molecular flexibility index (Phi) is 9.62. The van der Waals surface area contributed by atoms with Crippen LogP contribution in [0.5, 0.6) is 5.75 Å². The van der Waals surface area contributed by atoms with Gasteiger partial charge in [0.25, 0.3) is 0 Å². The van der Waals surface area contributed by atoms with Crippen LogP contribution in [0.15, 0.2) is 34.7 Å². The quantitative estimate of drug-likeness (QED) is 0.413. The average Bonchev–Trinajstić information content (AvgIpc) is 3.15. The number of hydrogen-bond donors (Lipinski definition) is 4. The van der Waals surface area contributed by atoms with Crippen LogP contribution in [0.3, 0.4) is 0 Å². The second-order valence-corrected chi connectivity index (χ2v) is 7.02. The number of nitrogens with two attached hydrogens (primary N) is 1. The number of carboxylic acids is 2. The summed E-state index contributed by atoms with van der Waals surface area (Å²) < 4.78 is 11.3. The smallest absolute Gasteiger partial charge is 0.414 e. The van der Waals surface area contributed by atoms with Crippen LogP contribution in [0.4, 0.5) is 0 Å². The Morgan fingerprint density at radius 2 is 1.80 bits per heavy atom. The number of aliphatic hydroxyl groups is 1. The van der Waals surface area contributed by atoms with E-state index in [2.05, 4.69) is 25.7 Å². The summed E-state index contributed by atoms with van der Waals surface area (Å²) in [5.74, 6) is 4.50. The lowest BCUT2D eigenvalue weighted by atomic mass is 9.98. The van der Waals surface area contributed by atoms with Gasteiger partial charge in [-0.05, 0) is 68.5 Å². The number of carboxylic acid groups (broad SMARTS) is 2. The number of carbonyl (C=O) groups is 2. The molecular formula is C22H27NO7. The Morgan fingerprint density at radius 1 is 1.13 bits per heavy atom. The predicted molar refractivity (Wildman–Crippen MR) is 110 cm³/mol. The molecule has 162 valence electrons. The van der Waals surface area contributed by atoms with Gasteiger partial charge in [-0.3, -0.25) is 0 Å². The SMILES string of the molecule is Cc1ccc(OCC#Cc2ccc(CC[C@@](C)(N)CO)o2)cc1C.O=C(O)C(=O)O. The van der Waals surface area contributed by atoms with E-state index in [-0.39, 0.29) is 6.61 Å². The number of ether oxygens (including phenoxy) is 1. The topological polar surface area (TPSA) is 143 Å². The first kappa shape index (κ1) is 24.8. The van der Waals surface area contributed by atoms with Gasteiger partial charge in [-0.1, -0.05) is 12.0 Å². The monoisotopic (exact) mass is 417 g/mol. The van der Waals surface area contributed by atoms with Crippen molar-refractivity contribution < 1.29 is 34.1 Å². The molecule has 5 N–H and O–H groups in total. The van der Waals surface area contributed by atoms with Crippen LogP contribution < -0.4 is 10.5 Å². The summed E-state index contributed by atoms with van der Waals surface area (Å²) in [6.45, 7) is 6.21. The Bertz CT molecular complexity index is 907. The van der Waals surface area contributed by atoms with E-state index in [4.69, 9.17) is 39.8 Å². The van der Waals surface area contributed by atoms with Crippen molar-refractivity contribution >= 4 is 11.9 Å². The molecule has 2 aromatic rings. The summed E-state index contributed by atoms with van der Waals surface area (Å²) in [4.78, 5) is 18.2. The second-order valence-electron chi connectivity index (χ2n) is 7.02. The lowest BCUT2D eigenvalue weighted by molar-refractivity contribution is -0.159. The molecule has 0 radical (unpaired) electrons. The highest BCUT2D eigenvalue weighted by atomic mass is 16.5. The summed E-state index contributed by atoms with van der Waals surface area (Å²) >= 11 is 0. The number of furan rings is 1. The van der Waals surface area contributed by atoms with Crippen molar-refractivity contribution in [2.24, 2.45) is 5.73 Å². The number of aryl methyl sites for hydroxylation is 3. The van der Waals surface area contributed by atoms with Crippen LogP contribution in [0.1, 0.15) is 36.0 Å². The van der Waals surface area contributed by atoms with Crippen LogP contribution in [-0.2, 0) is 16.0 Å². The van der Waals surface area contributed by atoms with Crippen molar-refractivity contribution in [3.63, 3.8) is 0 Å². The third-order valence-electron chi connectivity index (χ3n) is 4.15. The molecule has 0 aliphatic rings. The molecule has 0 fully saturated rings. The normalized spacial score (nSPS) is 11.9. The number of rotatable bonds is 6. The first-order valence-electron chi connectivity index (χ1n) is 9.17. The predicted octanol–water partition coefficient (Wildman–Crippen LogP) is 2.12. The highest BCUT2D eigenvalue weighted by molar-refractivity contribution is 6.27. The van der Waals surface area contributed by atoms with E-state index in [0.717, 1.165) is 11.5 Å². The standard InChI is InChI=1S/C20H25NO3.C2H2O4/c1-15-6-7-19(13-16(15)2)23-12-4-5-17-8-9-18(24-17)10-11-20(3,21)14-22;3-1(4)2(5)6/h6-9,13,22H,10-12,14,21H2,1-3H3;(H,3,4)(H,5,6)/t20-;/m1./s1. The molecule has 0 unspecified atom stereocenters. The first-order chi connectivity index (χ1) is 14.0. The molecule has 8 heteroatoms. The highest BCUT2D eigenvalue weighted by Gasteiger charge is 2.17. The molecule has 0 saturated heterocycles. The summed E-state index contributed by atoms with van der Waals surface area (Å²) in [5, 5.41) is 23.9. The van der Waals surface area contributed by atoms with Gasteiger partial charge in [0.2, 0.25) is 0 Å². The highest BCUT2D eigenvalue weighted by Crippen LogP contribution is 2.16. The number of benzene rings is 1. The van der Waals surface area contributed by atoms with Crippen molar-refractivity contribution in [2.45, 2.75) is 39.2 Å². The molecule has 0 bridgehead atoms. The fourth-order valence-electron chi connectivity index (χ4n) is 2.11. The van der Waals surface area contributed by atoms with Gasteiger partial charge in [0.05, 0.1) is 6.61 Å². The van der Waals surface area contributed by atoms with Crippen LogP contribution in [0, 0.1) is 25.7 Å². The largest absolute Gasteiger partial charge is 0.481 e. The van der Waals surface area contributed by atoms with E-state index in [0.29, 0.717) is 25.2 Å². The van der Waals surface area contributed by atoms with E-state index < -0.39 is 17.5 Å². The van der Waals surface area contributed by atoms with Gasteiger partial charge in [-0.2, -0.15) is 0 Å². The van der Waals surface area contributed by atoms with Gasteiger partial charge >= 0.3 is 11.9 Å². The van der Waals surface area contributed by atoms with Crippen molar-refractivity contribution in [1.29, 1.82) is 0 Å². The molecule has 1 heterocycles. The minimum atomic E-state index is -1.82. The number of hydrogen-bond acceptors (Lipinski definition) is 6. The molecule has 8 nitrogen and oxygen atoms in total. The molecule has 0 aliphatic heterocycles. The fourth-order valence-corrected chi connectivity index (χ4v) is 2.11. The van der Waals surface area contributed by atoms with Gasteiger partial charge < -0.3 is 30.2 Å². The van der Waals surface area contributed by atoms with Gasteiger partial charge in [-0.15, -0.1) is 0 Å². The van der Waals surface area contributed by atoms with E-state index in [1.54, 1.807) is 0 Å². The maximum Gasteiger partial charge on any atom is 0.414 e. The van der Waals surface area contributed by atoms with Crippen LogP contribution >= 0.6 is 0 Å². The molecule has 1 aromatic heterocycles. The Morgan fingerprint density at radius 3 is 2.37 bits per heavy atom. The van der Waals surface area contributed by atoms with E-state index >= 15 is 0 Å². The first-order valence-corrected chi connectivity index (χ1v) is 9.17. The molecule has 0 saturated carbocycles. The summed E-state index contributed by atoms with van der Waals surface area (Å²) in [6, 6.07) is 9.72. The van der Waals surface area contributed by atoms with Gasteiger partial charge in [0.1, 0.15) is 18.1 Å². The third kappa shape index (κ3) is 9.28. The van der Waals surface area contributed by atoms with E-state index in [1.807, 2.05) is 37.3 Å². The van der Waals surface area contributed by atoms with Gasteiger partial charge in [0, 0.05) is 12.0 Å². The Labute approximate surface area is 175 Å². The Balaban J connectivity index is 0.000000656. The summed E-state index contributed by atoms with van der Waals surface area (Å²) in [5.41, 5.74) is 7.77. The molecule has 30 heavy (non-hydrogen) atoms. The van der Waals surface area contributed by atoms with E-state index in [9.17, 15) is 0 Å². The minimum absolute atomic E-state index is 0.0454. The van der Waals surface area contributed by atoms with Gasteiger partial charge in [0.15, 0.2) is 5.76 Å². The van der Waals surface area contributed by atoms with Crippen LogP contribution in [0.2, 0.25) is 0 Å². The Hall–Kier alpha value is -3.28. The number of aliphatic hydroxyl groups excluding tert-OH is 1. The van der Waals surface area contributed by atoms with Crippen molar-refractivity contribution in [1.82, 2.24) is 0 Å². The molecule has 0 spiro atoms. The molecule has 1 atom stereocenters. The number of aliphatic carboxylic acids is 2. The fraction of sp³-hybridized carbons (Fsp3) is 0.364. The molecule has 2 rings (SSSR count). The summed E-state index contributed by atoms with van der Waals surface area (Å²) in [7, 11) is 0. The lowest BCUT2D eigenvalue weighted by Gasteiger charge is -2.20. The summed E-state index contributed by atoms with van der Waals surface area (Å²) in [6.07, 6.45) is 1.33. The zero-order chi connectivity index (χ0) is 22.7. The maximum atomic E-state index is 9.15. The lowest BCUT2D eigenvalue weighted by Crippen LogP contribution is -2.40.